The smallest absolute Gasteiger partial charge is 0.265 e. The van der Waals surface area contributed by atoms with Crippen LogP contribution in [0.5, 0.6) is 0 Å². The summed E-state index contributed by atoms with van der Waals surface area (Å²) in [5.41, 5.74) is 1.51. The van der Waals surface area contributed by atoms with Gasteiger partial charge in [-0.1, -0.05) is 12.8 Å². The number of benzene rings is 1. The van der Waals surface area contributed by atoms with E-state index < -0.39 is 0 Å². The normalized spacial score (nSPS) is 18.1. The van der Waals surface area contributed by atoms with E-state index in [1.807, 2.05) is 16.7 Å². The number of likely N-dealkylation sites (tertiary alicyclic amines) is 1. The molecule has 3 heterocycles. The highest BCUT2D eigenvalue weighted by atomic mass is 32.1. The molecule has 1 aromatic heterocycles. The maximum Gasteiger partial charge on any atom is 0.265 e. The summed E-state index contributed by atoms with van der Waals surface area (Å²) in [5, 5.41) is 0.725. The van der Waals surface area contributed by atoms with Crippen molar-refractivity contribution in [2.24, 2.45) is 0 Å². The number of halogens is 1. The van der Waals surface area contributed by atoms with Crippen LogP contribution in [-0.4, -0.2) is 77.3 Å². The number of aryl methyl sites for hydroxylation is 1. The van der Waals surface area contributed by atoms with Crippen LogP contribution in [0.2, 0.25) is 0 Å². The lowest BCUT2D eigenvalue weighted by atomic mass is 10.2. The average molecular weight is 445 g/mol. The van der Waals surface area contributed by atoms with E-state index in [1.165, 1.54) is 36.3 Å². The summed E-state index contributed by atoms with van der Waals surface area (Å²) in [6.07, 6.45) is 4.62. The van der Waals surface area contributed by atoms with Crippen LogP contribution in [0.1, 0.15) is 41.0 Å². The van der Waals surface area contributed by atoms with Gasteiger partial charge in [0.1, 0.15) is 15.7 Å². The van der Waals surface area contributed by atoms with Gasteiger partial charge in [0.25, 0.3) is 5.91 Å². The number of aromatic nitrogens is 1. The molecule has 0 saturated carbocycles. The zero-order valence-electron chi connectivity index (χ0n) is 18.0. The third-order valence-electron chi connectivity index (χ3n) is 6.06. The van der Waals surface area contributed by atoms with E-state index in [-0.39, 0.29) is 17.6 Å². The number of thiazole rings is 1. The number of carbonyl (C=O) groups is 2. The van der Waals surface area contributed by atoms with E-state index in [9.17, 15) is 14.0 Å². The summed E-state index contributed by atoms with van der Waals surface area (Å²) in [7, 11) is 0. The first-order valence-electron chi connectivity index (χ1n) is 11.0. The minimum atomic E-state index is -0.291. The van der Waals surface area contributed by atoms with Gasteiger partial charge in [-0.3, -0.25) is 14.5 Å². The standard InChI is InChI=1S/C23H29FN4O2S/c1-17-21(31-22(25-17)18-6-8-19(24)9-7-18)23(30)28-14-12-26(13-15-28)16-20(29)27-10-4-2-3-5-11-27/h6-9H,2-5,10-16H2,1H3. The molecule has 1 aromatic carbocycles. The molecule has 0 unspecified atom stereocenters. The number of hydrogen-bond donors (Lipinski definition) is 0. The van der Waals surface area contributed by atoms with Crippen molar-refractivity contribution >= 4 is 23.2 Å². The first kappa shape index (κ1) is 21.9. The van der Waals surface area contributed by atoms with Gasteiger partial charge in [0.2, 0.25) is 5.91 Å². The number of nitrogens with zero attached hydrogens (tertiary/aromatic N) is 4. The highest BCUT2D eigenvalue weighted by Gasteiger charge is 2.27. The Hall–Kier alpha value is -2.32. The Morgan fingerprint density at radius 3 is 2.23 bits per heavy atom. The second-order valence-corrected chi connectivity index (χ2v) is 9.30. The van der Waals surface area contributed by atoms with Crippen LogP contribution in [0.3, 0.4) is 0 Å². The predicted octanol–water partition coefficient (Wildman–Crippen LogP) is 3.42. The SMILES string of the molecule is Cc1nc(-c2ccc(F)cc2)sc1C(=O)N1CCN(CC(=O)N2CCCCCC2)CC1. The molecule has 0 bridgehead atoms. The van der Waals surface area contributed by atoms with Crippen LogP contribution in [-0.2, 0) is 4.79 Å². The van der Waals surface area contributed by atoms with E-state index in [0.717, 1.165) is 36.5 Å². The van der Waals surface area contributed by atoms with Crippen molar-refractivity contribution in [3.8, 4) is 10.6 Å². The van der Waals surface area contributed by atoms with Gasteiger partial charge in [-0.15, -0.1) is 11.3 Å². The Labute approximate surface area is 186 Å². The van der Waals surface area contributed by atoms with E-state index in [2.05, 4.69) is 9.88 Å². The van der Waals surface area contributed by atoms with Gasteiger partial charge in [-0.25, -0.2) is 9.37 Å². The van der Waals surface area contributed by atoms with Crippen molar-refractivity contribution in [3.63, 3.8) is 0 Å². The van der Waals surface area contributed by atoms with E-state index in [1.54, 1.807) is 12.1 Å². The molecule has 0 radical (unpaired) electrons. The van der Waals surface area contributed by atoms with Crippen LogP contribution < -0.4 is 0 Å². The van der Waals surface area contributed by atoms with Crippen LogP contribution >= 0.6 is 11.3 Å². The third-order valence-corrected chi connectivity index (χ3v) is 7.25. The molecule has 166 valence electrons. The number of amides is 2. The van der Waals surface area contributed by atoms with Crippen molar-refractivity contribution in [1.82, 2.24) is 19.7 Å². The van der Waals surface area contributed by atoms with Crippen LogP contribution in [0, 0.1) is 12.7 Å². The monoisotopic (exact) mass is 444 g/mol. The number of rotatable bonds is 4. The summed E-state index contributed by atoms with van der Waals surface area (Å²) >= 11 is 1.35. The molecule has 0 atom stereocenters. The Bertz CT molecular complexity index is 914. The zero-order valence-corrected chi connectivity index (χ0v) is 18.8. The molecule has 2 aliphatic rings. The molecule has 2 fully saturated rings. The molecule has 4 rings (SSSR count). The lowest BCUT2D eigenvalue weighted by Crippen LogP contribution is -2.51. The first-order valence-corrected chi connectivity index (χ1v) is 11.9. The molecule has 0 aliphatic carbocycles. The molecule has 0 N–H and O–H groups in total. The molecule has 6 nitrogen and oxygen atoms in total. The molecule has 0 spiro atoms. The number of piperazine rings is 1. The van der Waals surface area contributed by atoms with Crippen LogP contribution in [0.25, 0.3) is 10.6 Å². The van der Waals surface area contributed by atoms with Gasteiger partial charge in [-0.05, 0) is 44.0 Å². The Morgan fingerprint density at radius 2 is 1.58 bits per heavy atom. The lowest BCUT2D eigenvalue weighted by Gasteiger charge is -2.35. The molecule has 2 amide bonds. The van der Waals surface area contributed by atoms with Gasteiger partial charge in [0.15, 0.2) is 0 Å². The largest absolute Gasteiger partial charge is 0.342 e. The Kier molecular flexibility index (Phi) is 6.97. The lowest BCUT2D eigenvalue weighted by molar-refractivity contribution is -0.132. The molecule has 2 aromatic rings. The predicted molar refractivity (Wildman–Crippen MR) is 120 cm³/mol. The van der Waals surface area contributed by atoms with Crippen molar-refractivity contribution in [1.29, 1.82) is 0 Å². The minimum Gasteiger partial charge on any atom is -0.342 e. The maximum atomic E-state index is 13.2. The summed E-state index contributed by atoms with van der Waals surface area (Å²) in [4.78, 5) is 36.9. The summed E-state index contributed by atoms with van der Waals surface area (Å²) < 4.78 is 13.2. The fourth-order valence-electron chi connectivity index (χ4n) is 4.17. The fourth-order valence-corrected chi connectivity index (χ4v) is 5.21. The van der Waals surface area contributed by atoms with E-state index >= 15 is 0 Å². The van der Waals surface area contributed by atoms with Gasteiger partial charge in [0.05, 0.1) is 12.2 Å². The molecule has 31 heavy (non-hydrogen) atoms. The topological polar surface area (TPSA) is 56.8 Å². The van der Waals surface area contributed by atoms with E-state index in [0.29, 0.717) is 43.3 Å². The molecular formula is C23H29FN4O2S. The van der Waals surface area contributed by atoms with Gasteiger partial charge < -0.3 is 9.80 Å². The Morgan fingerprint density at radius 1 is 0.935 bits per heavy atom. The summed E-state index contributed by atoms with van der Waals surface area (Å²) in [6.45, 7) is 6.65. The first-order chi connectivity index (χ1) is 15.0. The third kappa shape index (κ3) is 5.30. The summed E-state index contributed by atoms with van der Waals surface area (Å²) in [6, 6.07) is 6.17. The van der Waals surface area contributed by atoms with Gasteiger partial charge >= 0.3 is 0 Å². The van der Waals surface area contributed by atoms with Crippen LogP contribution in [0.4, 0.5) is 4.39 Å². The quantitative estimate of drug-likeness (QED) is 0.725. The average Bonchev–Trinajstić information content (AvgIpc) is 2.98. The number of carbonyl (C=O) groups excluding carboxylic acids is 2. The fraction of sp³-hybridized carbons (Fsp3) is 0.522. The Balaban J connectivity index is 1.33. The van der Waals surface area contributed by atoms with Crippen molar-refractivity contribution in [3.05, 3.63) is 40.7 Å². The highest BCUT2D eigenvalue weighted by molar-refractivity contribution is 7.17. The van der Waals surface area contributed by atoms with E-state index in [4.69, 9.17) is 0 Å². The molecule has 2 saturated heterocycles. The highest BCUT2D eigenvalue weighted by Crippen LogP contribution is 2.29. The molecular weight excluding hydrogens is 415 g/mol. The molecule has 8 heteroatoms. The van der Waals surface area contributed by atoms with Crippen molar-refractivity contribution in [2.45, 2.75) is 32.6 Å². The minimum absolute atomic E-state index is 0.0122. The number of hydrogen-bond acceptors (Lipinski definition) is 5. The maximum absolute atomic E-state index is 13.2. The molecule has 2 aliphatic heterocycles. The van der Waals surface area contributed by atoms with Gasteiger partial charge in [-0.2, -0.15) is 0 Å². The van der Waals surface area contributed by atoms with Gasteiger partial charge in [0, 0.05) is 44.8 Å². The zero-order chi connectivity index (χ0) is 21.8. The summed E-state index contributed by atoms with van der Waals surface area (Å²) in [5.74, 6) is -0.0914. The van der Waals surface area contributed by atoms with Crippen molar-refractivity contribution in [2.75, 3.05) is 45.8 Å². The second-order valence-electron chi connectivity index (χ2n) is 8.30. The second kappa shape index (κ2) is 9.87. The van der Waals surface area contributed by atoms with Crippen molar-refractivity contribution < 1.29 is 14.0 Å². The van der Waals surface area contributed by atoms with Crippen LogP contribution in [0.15, 0.2) is 24.3 Å².